The Labute approximate surface area is 171 Å². The highest BCUT2D eigenvalue weighted by atomic mass is 32.1. The molecule has 0 unspecified atom stereocenters. The number of benzene rings is 2. The third-order valence-electron chi connectivity index (χ3n) is 4.30. The summed E-state index contributed by atoms with van der Waals surface area (Å²) in [5.41, 5.74) is 2.79. The zero-order valence-corrected chi connectivity index (χ0v) is 16.4. The molecule has 0 saturated heterocycles. The average molecular weight is 402 g/mol. The summed E-state index contributed by atoms with van der Waals surface area (Å²) in [7, 11) is 0. The smallest absolute Gasteiger partial charge is 0.266 e. The molecule has 144 valence electrons. The summed E-state index contributed by atoms with van der Waals surface area (Å²) in [4.78, 5) is 26.1. The topological polar surface area (TPSA) is 76.0 Å². The van der Waals surface area contributed by atoms with Crippen molar-refractivity contribution in [3.8, 4) is 5.69 Å². The van der Waals surface area contributed by atoms with Crippen LogP contribution in [0, 0.1) is 6.92 Å². The number of thiophene rings is 1. The average Bonchev–Trinajstić information content (AvgIpc) is 3.41. The summed E-state index contributed by atoms with van der Waals surface area (Å²) in [5, 5.41) is 11.9. The van der Waals surface area contributed by atoms with Crippen LogP contribution in [0.15, 0.2) is 78.3 Å². The number of para-hydroxylation sites is 1. The molecule has 4 rings (SSSR count). The fraction of sp³-hybridized carbons (Fsp3) is 0.0455. The number of nitrogens with one attached hydrogen (secondary N) is 2. The van der Waals surface area contributed by atoms with E-state index in [4.69, 9.17) is 0 Å². The number of anilines is 2. The summed E-state index contributed by atoms with van der Waals surface area (Å²) in [6, 6.07) is 20.4. The minimum absolute atomic E-state index is 0.277. The van der Waals surface area contributed by atoms with Gasteiger partial charge in [0.1, 0.15) is 11.4 Å². The Morgan fingerprint density at radius 2 is 1.66 bits per heavy atom. The van der Waals surface area contributed by atoms with E-state index in [1.807, 2.05) is 66.9 Å². The van der Waals surface area contributed by atoms with Crippen molar-refractivity contribution >= 4 is 34.7 Å². The molecule has 0 saturated carbocycles. The van der Waals surface area contributed by atoms with Crippen LogP contribution in [0.1, 0.15) is 25.6 Å². The van der Waals surface area contributed by atoms with Gasteiger partial charge in [0.2, 0.25) is 0 Å². The first-order valence-corrected chi connectivity index (χ1v) is 9.86. The Hall–Kier alpha value is -3.71. The maximum atomic E-state index is 12.9. The van der Waals surface area contributed by atoms with E-state index in [9.17, 15) is 9.59 Å². The van der Waals surface area contributed by atoms with Gasteiger partial charge < -0.3 is 10.6 Å². The van der Waals surface area contributed by atoms with Gasteiger partial charge in [0.15, 0.2) is 0 Å². The van der Waals surface area contributed by atoms with Crippen molar-refractivity contribution in [3.05, 3.63) is 94.3 Å². The van der Waals surface area contributed by atoms with E-state index in [-0.39, 0.29) is 17.4 Å². The lowest BCUT2D eigenvalue weighted by Crippen LogP contribution is -2.19. The van der Waals surface area contributed by atoms with Crippen LogP contribution in [-0.2, 0) is 0 Å². The van der Waals surface area contributed by atoms with E-state index in [0.717, 1.165) is 11.3 Å². The van der Waals surface area contributed by atoms with Gasteiger partial charge in [-0.15, -0.1) is 11.3 Å². The third kappa shape index (κ3) is 4.09. The van der Waals surface area contributed by atoms with E-state index in [0.29, 0.717) is 16.4 Å². The molecule has 0 aliphatic rings. The van der Waals surface area contributed by atoms with E-state index in [2.05, 4.69) is 15.7 Å². The molecular formula is C22H18N4O2S. The molecule has 0 fully saturated rings. The van der Waals surface area contributed by atoms with Gasteiger partial charge in [-0.2, -0.15) is 5.10 Å². The Balaban J connectivity index is 1.69. The van der Waals surface area contributed by atoms with Gasteiger partial charge in [0.25, 0.3) is 11.8 Å². The number of hydrogen-bond acceptors (Lipinski definition) is 4. The van der Waals surface area contributed by atoms with Crippen molar-refractivity contribution in [1.29, 1.82) is 0 Å². The molecular weight excluding hydrogens is 384 g/mol. The molecule has 29 heavy (non-hydrogen) atoms. The lowest BCUT2D eigenvalue weighted by Gasteiger charge is -2.11. The molecule has 2 aromatic heterocycles. The quantitative estimate of drug-likeness (QED) is 0.506. The van der Waals surface area contributed by atoms with Gasteiger partial charge in [0, 0.05) is 5.69 Å². The molecule has 0 spiro atoms. The maximum absolute atomic E-state index is 12.9. The molecule has 7 heteroatoms. The largest absolute Gasteiger partial charge is 0.322 e. The lowest BCUT2D eigenvalue weighted by atomic mass is 10.2. The monoisotopic (exact) mass is 402 g/mol. The van der Waals surface area contributed by atoms with Gasteiger partial charge in [-0.25, -0.2) is 4.68 Å². The Morgan fingerprint density at radius 3 is 2.34 bits per heavy atom. The van der Waals surface area contributed by atoms with Crippen molar-refractivity contribution in [2.24, 2.45) is 0 Å². The Bertz CT molecular complexity index is 1130. The molecule has 0 radical (unpaired) electrons. The SMILES string of the molecule is Cc1ccc(NC(=O)c2cnn(-c3ccccc3)c2NC(=O)c2cccs2)cc1. The lowest BCUT2D eigenvalue weighted by molar-refractivity contribution is 0.102. The van der Waals surface area contributed by atoms with Gasteiger partial charge in [0.05, 0.1) is 16.8 Å². The van der Waals surface area contributed by atoms with Crippen LogP contribution in [0.4, 0.5) is 11.5 Å². The molecule has 2 N–H and O–H groups in total. The number of aromatic nitrogens is 2. The van der Waals surface area contributed by atoms with Crippen molar-refractivity contribution in [1.82, 2.24) is 9.78 Å². The normalized spacial score (nSPS) is 10.5. The van der Waals surface area contributed by atoms with Gasteiger partial charge >= 0.3 is 0 Å². The predicted octanol–water partition coefficient (Wildman–Crippen LogP) is 4.75. The van der Waals surface area contributed by atoms with E-state index in [1.54, 1.807) is 16.8 Å². The summed E-state index contributed by atoms with van der Waals surface area (Å²) in [5.74, 6) is -0.321. The number of nitrogens with zero attached hydrogens (tertiary/aromatic N) is 2. The predicted molar refractivity (Wildman–Crippen MR) is 115 cm³/mol. The second kappa shape index (κ2) is 8.12. The van der Waals surface area contributed by atoms with Crippen LogP contribution in [-0.4, -0.2) is 21.6 Å². The second-order valence-electron chi connectivity index (χ2n) is 6.41. The zero-order chi connectivity index (χ0) is 20.2. The molecule has 2 heterocycles. The fourth-order valence-corrected chi connectivity index (χ4v) is 3.43. The first-order valence-electron chi connectivity index (χ1n) is 8.98. The molecule has 2 aromatic carbocycles. The first kappa shape index (κ1) is 18.6. The second-order valence-corrected chi connectivity index (χ2v) is 7.35. The van der Waals surface area contributed by atoms with Gasteiger partial charge in [-0.05, 0) is 42.6 Å². The highest BCUT2D eigenvalue weighted by Crippen LogP contribution is 2.23. The minimum Gasteiger partial charge on any atom is -0.322 e. The van der Waals surface area contributed by atoms with Crippen molar-refractivity contribution < 1.29 is 9.59 Å². The molecule has 0 bridgehead atoms. The number of amides is 2. The molecule has 0 atom stereocenters. The Kier molecular flexibility index (Phi) is 5.22. The maximum Gasteiger partial charge on any atom is 0.266 e. The summed E-state index contributed by atoms with van der Waals surface area (Å²) in [6.45, 7) is 1.98. The van der Waals surface area contributed by atoms with E-state index >= 15 is 0 Å². The van der Waals surface area contributed by atoms with Crippen LogP contribution in [0.2, 0.25) is 0 Å². The number of hydrogen-bond donors (Lipinski definition) is 2. The molecule has 4 aromatic rings. The first-order chi connectivity index (χ1) is 14.1. The zero-order valence-electron chi connectivity index (χ0n) is 15.6. The number of rotatable bonds is 5. The Morgan fingerprint density at radius 1 is 0.897 bits per heavy atom. The molecule has 6 nitrogen and oxygen atoms in total. The number of aryl methyl sites for hydroxylation is 1. The van der Waals surface area contributed by atoms with Crippen LogP contribution in [0.25, 0.3) is 5.69 Å². The van der Waals surface area contributed by atoms with Gasteiger partial charge in [-0.3, -0.25) is 9.59 Å². The van der Waals surface area contributed by atoms with Crippen LogP contribution >= 0.6 is 11.3 Å². The number of carbonyl (C=O) groups is 2. The van der Waals surface area contributed by atoms with E-state index in [1.165, 1.54) is 17.5 Å². The molecule has 2 amide bonds. The third-order valence-corrected chi connectivity index (χ3v) is 5.17. The van der Waals surface area contributed by atoms with Crippen LogP contribution < -0.4 is 10.6 Å². The standard InChI is InChI=1S/C22H18N4O2S/c1-15-9-11-16(12-10-15)24-21(27)18-14-23-26(17-6-3-2-4-7-17)20(18)25-22(28)19-8-5-13-29-19/h2-14H,1H3,(H,24,27)(H,25,28). The highest BCUT2D eigenvalue weighted by Gasteiger charge is 2.21. The van der Waals surface area contributed by atoms with Gasteiger partial charge in [-0.1, -0.05) is 42.0 Å². The number of carbonyl (C=O) groups excluding carboxylic acids is 2. The van der Waals surface area contributed by atoms with Crippen molar-refractivity contribution in [2.75, 3.05) is 10.6 Å². The summed E-state index contributed by atoms with van der Waals surface area (Å²) < 4.78 is 1.55. The summed E-state index contributed by atoms with van der Waals surface area (Å²) >= 11 is 1.33. The van der Waals surface area contributed by atoms with Crippen LogP contribution in [0.3, 0.4) is 0 Å². The molecule has 0 aliphatic carbocycles. The van der Waals surface area contributed by atoms with Crippen molar-refractivity contribution in [3.63, 3.8) is 0 Å². The van der Waals surface area contributed by atoms with Crippen molar-refractivity contribution in [2.45, 2.75) is 6.92 Å². The minimum atomic E-state index is -0.350. The van der Waals surface area contributed by atoms with Crippen LogP contribution in [0.5, 0.6) is 0 Å². The van der Waals surface area contributed by atoms with E-state index < -0.39 is 0 Å². The summed E-state index contributed by atoms with van der Waals surface area (Å²) in [6.07, 6.45) is 1.46. The highest BCUT2D eigenvalue weighted by molar-refractivity contribution is 7.12. The molecule has 0 aliphatic heterocycles. The fourth-order valence-electron chi connectivity index (χ4n) is 2.81.